The van der Waals surface area contributed by atoms with E-state index in [4.69, 9.17) is 0 Å². The molecule has 0 spiro atoms. The van der Waals surface area contributed by atoms with Gasteiger partial charge in [-0.2, -0.15) is 18.2 Å². The summed E-state index contributed by atoms with van der Waals surface area (Å²) in [6.45, 7) is 3.56. The van der Waals surface area contributed by atoms with Crippen LogP contribution in [0, 0.1) is 0 Å². The zero-order valence-corrected chi connectivity index (χ0v) is 13.8. The van der Waals surface area contributed by atoms with Crippen molar-refractivity contribution in [2.45, 2.75) is 26.1 Å². The molecule has 0 aliphatic heterocycles. The van der Waals surface area contributed by atoms with E-state index in [-0.39, 0.29) is 17.2 Å². The van der Waals surface area contributed by atoms with Crippen molar-refractivity contribution in [3.63, 3.8) is 0 Å². The summed E-state index contributed by atoms with van der Waals surface area (Å²) in [5.41, 5.74) is -0.128. The molecule has 0 saturated heterocycles. The van der Waals surface area contributed by atoms with Crippen LogP contribution in [0.4, 0.5) is 19.1 Å². The second kappa shape index (κ2) is 6.28. The first-order valence-electron chi connectivity index (χ1n) is 7.63. The van der Waals surface area contributed by atoms with Crippen LogP contribution in [0.5, 0.6) is 0 Å². The molecular weight excluding hydrogens is 351 g/mol. The van der Waals surface area contributed by atoms with E-state index < -0.39 is 23.9 Å². The van der Waals surface area contributed by atoms with Crippen molar-refractivity contribution < 1.29 is 18.0 Å². The van der Waals surface area contributed by atoms with E-state index in [9.17, 15) is 22.8 Å². The summed E-state index contributed by atoms with van der Waals surface area (Å²) < 4.78 is 39.1. The van der Waals surface area contributed by atoms with Gasteiger partial charge in [0.2, 0.25) is 11.8 Å². The van der Waals surface area contributed by atoms with E-state index >= 15 is 0 Å². The van der Waals surface area contributed by atoms with Gasteiger partial charge in [0.05, 0.1) is 5.56 Å². The molecule has 0 saturated carbocycles. The highest BCUT2D eigenvalue weighted by atomic mass is 19.4. The van der Waals surface area contributed by atoms with Crippen LogP contribution in [0.3, 0.4) is 0 Å². The van der Waals surface area contributed by atoms with Crippen molar-refractivity contribution in [2.24, 2.45) is 0 Å². The van der Waals surface area contributed by atoms with Gasteiger partial charge in [-0.05, 0) is 19.9 Å². The summed E-state index contributed by atoms with van der Waals surface area (Å²) in [4.78, 5) is 28.3. The van der Waals surface area contributed by atoms with Crippen LogP contribution >= 0.6 is 0 Å². The Bertz CT molecular complexity index is 1040. The molecule has 7 nitrogen and oxygen atoms in total. The summed E-state index contributed by atoms with van der Waals surface area (Å²) in [5.74, 6) is -2.54. The zero-order chi connectivity index (χ0) is 19.1. The maximum atomic E-state index is 12.6. The number of alkyl halides is 3. The van der Waals surface area contributed by atoms with Gasteiger partial charge in [0.1, 0.15) is 0 Å². The maximum Gasteiger partial charge on any atom is 0.451 e. The summed E-state index contributed by atoms with van der Waals surface area (Å²) in [6.07, 6.45) is -3.32. The predicted octanol–water partition coefficient (Wildman–Crippen LogP) is 2.97. The summed E-state index contributed by atoms with van der Waals surface area (Å²) >= 11 is 0. The molecule has 2 heterocycles. The third-order valence-corrected chi connectivity index (χ3v) is 3.73. The SMILES string of the molecule is CC(C)n1cc(C(=O)Nc2n[nH]c(C(F)(F)F)n2)c2ccccc2c1=O. The average Bonchev–Trinajstić information content (AvgIpc) is 3.03. The third kappa shape index (κ3) is 3.17. The Balaban J connectivity index is 2.04. The number of aromatic nitrogens is 4. The Morgan fingerprint density at radius 2 is 1.88 bits per heavy atom. The fourth-order valence-corrected chi connectivity index (χ4v) is 2.49. The molecule has 2 aromatic heterocycles. The van der Waals surface area contributed by atoms with Crippen molar-refractivity contribution >= 4 is 22.6 Å². The minimum absolute atomic E-state index is 0.132. The fraction of sp³-hybridized carbons (Fsp3) is 0.250. The van der Waals surface area contributed by atoms with Gasteiger partial charge in [0.25, 0.3) is 11.5 Å². The number of rotatable bonds is 3. The number of hydrogen-bond acceptors (Lipinski definition) is 4. The summed E-state index contributed by atoms with van der Waals surface area (Å²) in [5, 5.41) is 8.01. The van der Waals surface area contributed by atoms with Gasteiger partial charge >= 0.3 is 6.18 Å². The first-order chi connectivity index (χ1) is 12.2. The van der Waals surface area contributed by atoms with E-state index in [2.05, 4.69) is 15.4 Å². The number of pyridine rings is 1. The normalized spacial score (nSPS) is 11.9. The maximum absolute atomic E-state index is 12.6. The van der Waals surface area contributed by atoms with E-state index in [1.807, 2.05) is 0 Å². The largest absolute Gasteiger partial charge is 0.451 e. The lowest BCUT2D eigenvalue weighted by molar-refractivity contribution is -0.144. The number of nitrogens with one attached hydrogen (secondary N) is 2. The molecule has 0 atom stereocenters. The number of aromatic amines is 1. The molecular formula is C16H14F3N5O2. The second-order valence-electron chi connectivity index (χ2n) is 5.85. The number of benzene rings is 1. The molecule has 0 aliphatic carbocycles. The van der Waals surface area contributed by atoms with Gasteiger partial charge in [-0.1, -0.05) is 18.2 Å². The van der Waals surface area contributed by atoms with E-state index in [1.165, 1.54) is 10.8 Å². The number of halogens is 3. The van der Waals surface area contributed by atoms with Gasteiger partial charge in [0.15, 0.2) is 0 Å². The van der Waals surface area contributed by atoms with Crippen molar-refractivity contribution in [1.82, 2.24) is 19.7 Å². The Kier molecular flexibility index (Phi) is 4.26. The number of fused-ring (bicyclic) bond motifs is 1. The van der Waals surface area contributed by atoms with E-state index in [0.29, 0.717) is 10.8 Å². The van der Waals surface area contributed by atoms with E-state index in [1.54, 1.807) is 43.2 Å². The van der Waals surface area contributed by atoms with Crippen LogP contribution < -0.4 is 10.9 Å². The van der Waals surface area contributed by atoms with Crippen LogP contribution in [0.1, 0.15) is 36.1 Å². The highest BCUT2D eigenvalue weighted by molar-refractivity contribution is 6.12. The van der Waals surface area contributed by atoms with Crippen molar-refractivity contribution in [3.8, 4) is 0 Å². The Morgan fingerprint density at radius 3 is 2.46 bits per heavy atom. The number of anilines is 1. The van der Waals surface area contributed by atoms with Gasteiger partial charge in [-0.25, -0.2) is 0 Å². The molecule has 1 amide bonds. The molecule has 0 bridgehead atoms. The highest BCUT2D eigenvalue weighted by Gasteiger charge is 2.35. The minimum atomic E-state index is -4.70. The molecule has 3 rings (SSSR count). The third-order valence-electron chi connectivity index (χ3n) is 3.73. The molecule has 10 heteroatoms. The van der Waals surface area contributed by atoms with Crippen LogP contribution in [0.2, 0.25) is 0 Å². The number of H-pyrrole nitrogens is 1. The topological polar surface area (TPSA) is 92.7 Å². The van der Waals surface area contributed by atoms with Crippen LogP contribution in [0.25, 0.3) is 10.8 Å². The quantitative estimate of drug-likeness (QED) is 0.746. The van der Waals surface area contributed by atoms with Crippen LogP contribution in [0.15, 0.2) is 35.3 Å². The van der Waals surface area contributed by atoms with E-state index in [0.717, 1.165) is 0 Å². The molecule has 0 radical (unpaired) electrons. The number of hydrogen-bond donors (Lipinski definition) is 2. The summed E-state index contributed by atoms with van der Waals surface area (Å²) in [7, 11) is 0. The lowest BCUT2D eigenvalue weighted by Crippen LogP contribution is -2.25. The molecule has 0 unspecified atom stereocenters. The monoisotopic (exact) mass is 365 g/mol. The van der Waals surface area contributed by atoms with Crippen molar-refractivity contribution in [1.29, 1.82) is 0 Å². The Morgan fingerprint density at radius 1 is 1.23 bits per heavy atom. The lowest BCUT2D eigenvalue weighted by Gasteiger charge is -2.14. The molecule has 0 aliphatic rings. The smallest absolute Gasteiger partial charge is 0.312 e. The molecule has 0 fully saturated rings. The van der Waals surface area contributed by atoms with Gasteiger partial charge in [-0.3, -0.25) is 20.0 Å². The standard InChI is InChI=1S/C16H14F3N5O2/c1-8(2)24-7-11(9-5-3-4-6-10(9)13(24)26)12(25)20-15-21-14(22-23-15)16(17,18)19/h3-8H,1-2H3,(H2,20,21,22,23,25). The second-order valence-corrected chi connectivity index (χ2v) is 5.85. The molecule has 1 aromatic carbocycles. The molecule has 2 N–H and O–H groups in total. The fourth-order valence-electron chi connectivity index (χ4n) is 2.49. The predicted molar refractivity (Wildman–Crippen MR) is 87.9 cm³/mol. The van der Waals surface area contributed by atoms with Gasteiger partial charge in [0, 0.05) is 23.0 Å². The Labute approximate surface area is 144 Å². The average molecular weight is 365 g/mol. The lowest BCUT2D eigenvalue weighted by atomic mass is 10.1. The minimum Gasteiger partial charge on any atom is -0.312 e. The van der Waals surface area contributed by atoms with Crippen LogP contribution in [-0.4, -0.2) is 25.7 Å². The number of nitrogens with zero attached hydrogens (tertiary/aromatic N) is 3. The van der Waals surface area contributed by atoms with Gasteiger partial charge in [-0.15, -0.1) is 5.10 Å². The highest BCUT2D eigenvalue weighted by Crippen LogP contribution is 2.26. The molecule has 26 heavy (non-hydrogen) atoms. The van der Waals surface area contributed by atoms with Crippen molar-refractivity contribution in [3.05, 3.63) is 52.2 Å². The zero-order valence-electron chi connectivity index (χ0n) is 13.8. The van der Waals surface area contributed by atoms with Crippen molar-refractivity contribution in [2.75, 3.05) is 5.32 Å². The number of carbonyl (C=O) groups excluding carboxylic acids is 1. The van der Waals surface area contributed by atoms with Gasteiger partial charge < -0.3 is 4.57 Å². The number of carbonyl (C=O) groups is 1. The first-order valence-corrected chi connectivity index (χ1v) is 7.63. The summed E-state index contributed by atoms with van der Waals surface area (Å²) in [6, 6.07) is 6.30. The van der Waals surface area contributed by atoms with Crippen LogP contribution in [-0.2, 0) is 6.18 Å². The Hall–Kier alpha value is -3.17. The molecule has 3 aromatic rings. The first kappa shape index (κ1) is 17.6. The number of amides is 1. The molecule has 136 valence electrons.